The standard InChI is InChI=1S/C24H24ClFO2/c1-14-13-19-18(7-6-8-20(19)26)22(16-9-11-17(25)12-10-16)21(14)23(15(2)27)28-24(3,4)5/h6-13,23H,1-5H3. The van der Waals surface area contributed by atoms with Crippen LogP contribution in [0.3, 0.4) is 0 Å². The number of carbonyl (C=O) groups is 1. The van der Waals surface area contributed by atoms with E-state index in [1.54, 1.807) is 24.3 Å². The Labute approximate surface area is 170 Å². The van der Waals surface area contributed by atoms with Gasteiger partial charge in [0, 0.05) is 10.4 Å². The molecule has 3 aromatic rings. The van der Waals surface area contributed by atoms with Crippen molar-refractivity contribution in [1.82, 2.24) is 0 Å². The fourth-order valence-corrected chi connectivity index (χ4v) is 3.63. The van der Waals surface area contributed by atoms with Crippen molar-refractivity contribution in [3.05, 3.63) is 70.5 Å². The first-order valence-electron chi connectivity index (χ1n) is 9.24. The third-order valence-electron chi connectivity index (χ3n) is 4.61. The summed E-state index contributed by atoms with van der Waals surface area (Å²) in [4.78, 5) is 12.6. The van der Waals surface area contributed by atoms with Crippen LogP contribution in [0.1, 0.15) is 44.9 Å². The van der Waals surface area contributed by atoms with Crippen LogP contribution in [0, 0.1) is 12.7 Å². The van der Waals surface area contributed by atoms with Crippen LogP contribution in [-0.2, 0) is 9.53 Å². The number of fused-ring (bicyclic) bond motifs is 1. The molecule has 0 saturated carbocycles. The molecule has 0 aliphatic rings. The lowest BCUT2D eigenvalue weighted by atomic mass is 9.86. The number of aryl methyl sites for hydroxylation is 1. The van der Waals surface area contributed by atoms with Gasteiger partial charge in [-0.1, -0.05) is 35.9 Å². The largest absolute Gasteiger partial charge is 0.360 e. The van der Waals surface area contributed by atoms with Crippen molar-refractivity contribution in [2.45, 2.75) is 46.3 Å². The molecule has 4 heteroatoms. The number of ketones is 1. The molecule has 1 atom stereocenters. The number of Topliss-reactive ketones (excluding diaryl/α,β-unsaturated/α-hetero) is 1. The zero-order valence-corrected chi connectivity index (χ0v) is 17.5. The average Bonchev–Trinajstić information content (AvgIpc) is 2.60. The molecular formula is C24H24ClFO2. The van der Waals surface area contributed by atoms with Crippen molar-refractivity contribution in [3.63, 3.8) is 0 Å². The summed E-state index contributed by atoms with van der Waals surface area (Å²) in [5.74, 6) is -0.387. The van der Waals surface area contributed by atoms with Gasteiger partial charge in [-0.25, -0.2) is 4.39 Å². The molecule has 146 valence electrons. The Bertz CT molecular complexity index is 1030. The van der Waals surface area contributed by atoms with E-state index in [0.717, 1.165) is 27.6 Å². The topological polar surface area (TPSA) is 26.3 Å². The van der Waals surface area contributed by atoms with Gasteiger partial charge < -0.3 is 4.74 Å². The number of carbonyl (C=O) groups excluding carboxylic acids is 1. The van der Waals surface area contributed by atoms with Gasteiger partial charge >= 0.3 is 0 Å². The molecule has 0 saturated heterocycles. The van der Waals surface area contributed by atoms with E-state index in [1.165, 1.54) is 13.0 Å². The molecule has 2 nitrogen and oxygen atoms in total. The number of benzene rings is 3. The van der Waals surface area contributed by atoms with Crippen LogP contribution < -0.4 is 0 Å². The lowest BCUT2D eigenvalue weighted by Gasteiger charge is -2.29. The molecule has 1 unspecified atom stereocenters. The number of ether oxygens (including phenoxy) is 1. The minimum Gasteiger partial charge on any atom is -0.360 e. The van der Waals surface area contributed by atoms with Gasteiger partial charge in [0.2, 0.25) is 0 Å². The zero-order valence-electron chi connectivity index (χ0n) is 16.8. The first-order valence-corrected chi connectivity index (χ1v) is 9.62. The third-order valence-corrected chi connectivity index (χ3v) is 4.86. The molecule has 0 spiro atoms. The Morgan fingerprint density at radius 1 is 1.07 bits per heavy atom. The molecular weight excluding hydrogens is 375 g/mol. The molecule has 0 amide bonds. The molecule has 0 aromatic heterocycles. The van der Waals surface area contributed by atoms with Crippen molar-refractivity contribution >= 4 is 28.2 Å². The molecule has 3 rings (SSSR count). The van der Waals surface area contributed by atoms with Crippen LogP contribution in [0.5, 0.6) is 0 Å². The molecule has 0 bridgehead atoms. The van der Waals surface area contributed by atoms with Crippen molar-refractivity contribution < 1.29 is 13.9 Å². The summed E-state index contributed by atoms with van der Waals surface area (Å²) in [5, 5.41) is 1.88. The summed E-state index contributed by atoms with van der Waals surface area (Å²) in [6, 6.07) is 14.2. The van der Waals surface area contributed by atoms with E-state index in [0.29, 0.717) is 10.4 Å². The lowest BCUT2D eigenvalue weighted by molar-refractivity contribution is -0.138. The maximum Gasteiger partial charge on any atom is 0.163 e. The van der Waals surface area contributed by atoms with Crippen molar-refractivity contribution in [2.75, 3.05) is 0 Å². The minimum absolute atomic E-state index is 0.0935. The number of halogens is 2. The van der Waals surface area contributed by atoms with Gasteiger partial charge in [-0.15, -0.1) is 0 Å². The van der Waals surface area contributed by atoms with Crippen LogP contribution in [-0.4, -0.2) is 11.4 Å². The van der Waals surface area contributed by atoms with E-state index in [-0.39, 0.29) is 11.6 Å². The summed E-state index contributed by atoms with van der Waals surface area (Å²) in [7, 11) is 0. The highest BCUT2D eigenvalue weighted by atomic mass is 35.5. The summed E-state index contributed by atoms with van der Waals surface area (Å²) in [6.45, 7) is 9.17. The van der Waals surface area contributed by atoms with Crippen LogP contribution >= 0.6 is 11.6 Å². The van der Waals surface area contributed by atoms with Gasteiger partial charge in [0.05, 0.1) is 5.60 Å². The van der Waals surface area contributed by atoms with Gasteiger partial charge in [0.15, 0.2) is 5.78 Å². The molecule has 3 aromatic carbocycles. The lowest BCUT2D eigenvalue weighted by Crippen LogP contribution is -2.27. The predicted molar refractivity (Wildman–Crippen MR) is 113 cm³/mol. The van der Waals surface area contributed by atoms with Gasteiger partial charge in [0.1, 0.15) is 11.9 Å². The normalized spacial score (nSPS) is 13.0. The quantitative estimate of drug-likeness (QED) is 0.470. The van der Waals surface area contributed by atoms with Gasteiger partial charge in [-0.05, 0) is 86.5 Å². The Kier molecular flexibility index (Phi) is 5.60. The summed E-state index contributed by atoms with van der Waals surface area (Å²) < 4.78 is 20.7. The van der Waals surface area contributed by atoms with E-state index < -0.39 is 11.7 Å². The molecule has 0 radical (unpaired) electrons. The summed E-state index contributed by atoms with van der Waals surface area (Å²) in [6.07, 6.45) is -0.752. The number of hydrogen-bond donors (Lipinski definition) is 0. The van der Waals surface area contributed by atoms with E-state index >= 15 is 0 Å². The van der Waals surface area contributed by atoms with Crippen LogP contribution in [0.15, 0.2) is 48.5 Å². The maximum absolute atomic E-state index is 14.6. The molecule has 0 N–H and O–H groups in total. The highest BCUT2D eigenvalue weighted by molar-refractivity contribution is 6.30. The Morgan fingerprint density at radius 2 is 1.71 bits per heavy atom. The molecule has 28 heavy (non-hydrogen) atoms. The maximum atomic E-state index is 14.6. The van der Waals surface area contributed by atoms with Crippen molar-refractivity contribution in [3.8, 4) is 11.1 Å². The van der Waals surface area contributed by atoms with Gasteiger partial charge in [-0.2, -0.15) is 0 Å². The average molecular weight is 399 g/mol. The molecule has 0 fully saturated rings. The first-order chi connectivity index (χ1) is 13.1. The Morgan fingerprint density at radius 3 is 2.29 bits per heavy atom. The van der Waals surface area contributed by atoms with Crippen molar-refractivity contribution in [1.29, 1.82) is 0 Å². The monoisotopic (exact) mass is 398 g/mol. The summed E-state index contributed by atoms with van der Waals surface area (Å²) in [5.41, 5.74) is 2.73. The second-order valence-electron chi connectivity index (χ2n) is 8.04. The van der Waals surface area contributed by atoms with Crippen LogP contribution in [0.2, 0.25) is 5.02 Å². The third kappa shape index (κ3) is 4.11. The fourth-order valence-electron chi connectivity index (χ4n) is 3.50. The number of rotatable bonds is 4. The molecule has 0 heterocycles. The fraction of sp³-hybridized carbons (Fsp3) is 0.292. The second-order valence-corrected chi connectivity index (χ2v) is 8.48. The predicted octanol–water partition coefficient (Wildman–Crippen LogP) is 7.05. The zero-order chi connectivity index (χ0) is 20.6. The van der Waals surface area contributed by atoms with Crippen LogP contribution in [0.25, 0.3) is 21.9 Å². The van der Waals surface area contributed by atoms with E-state index in [4.69, 9.17) is 16.3 Å². The Hall–Kier alpha value is -2.23. The second kappa shape index (κ2) is 7.65. The van der Waals surface area contributed by atoms with Crippen LogP contribution in [0.4, 0.5) is 4.39 Å². The van der Waals surface area contributed by atoms with Crippen molar-refractivity contribution in [2.24, 2.45) is 0 Å². The summed E-state index contributed by atoms with van der Waals surface area (Å²) >= 11 is 6.07. The smallest absolute Gasteiger partial charge is 0.163 e. The molecule has 0 aliphatic carbocycles. The van der Waals surface area contributed by atoms with Gasteiger partial charge in [0.25, 0.3) is 0 Å². The highest BCUT2D eigenvalue weighted by Gasteiger charge is 2.29. The highest BCUT2D eigenvalue weighted by Crippen LogP contribution is 2.41. The number of hydrogen-bond acceptors (Lipinski definition) is 2. The van der Waals surface area contributed by atoms with E-state index in [1.807, 2.05) is 45.9 Å². The van der Waals surface area contributed by atoms with E-state index in [9.17, 15) is 9.18 Å². The first kappa shape index (κ1) is 20.5. The molecule has 0 aliphatic heterocycles. The van der Waals surface area contributed by atoms with Gasteiger partial charge in [-0.3, -0.25) is 4.79 Å². The Balaban J connectivity index is 2.41. The SMILES string of the molecule is CC(=O)C(OC(C)(C)C)c1c(C)cc2c(F)cccc2c1-c1ccc(Cl)cc1. The van der Waals surface area contributed by atoms with E-state index in [2.05, 4.69) is 0 Å². The minimum atomic E-state index is -0.752.